The number of rotatable bonds is 12. The van der Waals surface area contributed by atoms with Crippen molar-refractivity contribution in [2.24, 2.45) is 0 Å². The lowest BCUT2D eigenvalue weighted by atomic mass is 9.84. The molecule has 2 aromatic rings. The van der Waals surface area contributed by atoms with Crippen LogP contribution in [0.5, 0.6) is 11.5 Å². The highest BCUT2D eigenvalue weighted by molar-refractivity contribution is 5.73. The summed E-state index contributed by atoms with van der Waals surface area (Å²) in [6.07, 6.45) is 10.7. The van der Waals surface area contributed by atoms with E-state index in [0.717, 1.165) is 30.8 Å². The summed E-state index contributed by atoms with van der Waals surface area (Å²) in [5.41, 5.74) is 7.05. The highest BCUT2D eigenvalue weighted by Gasteiger charge is 2.19. The summed E-state index contributed by atoms with van der Waals surface area (Å²) in [5.74, 6) is 1.96. The van der Waals surface area contributed by atoms with Gasteiger partial charge in [0.2, 0.25) is 0 Å². The Labute approximate surface area is 172 Å². The molecule has 0 spiro atoms. The third kappa shape index (κ3) is 5.53. The van der Waals surface area contributed by atoms with Gasteiger partial charge in [-0.25, -0.2) is 0 Å². The molecule has 0 aliphatic carbocycles. The predicted octanol–water partition coefficient (Wildman–Crippen LogP) is 7.40. The summed E-state index contributed by atoms with van der Waals surface area (Å²) in [4.78, 5) is 0. The second kappa shape index (κ2) is 11.8. The second-order valence-electron chi connectivity index (χ2n) is 7.60. The molecule has 2 nitrogen and oxygen atoms in total. The molecule has 0 aliphatic rings. The fourth-order valence-electron chi connectivity index (χ4n) is 3.95. The Bertz CT molecular complexity index is 733. The van der Waals surface area contributed by atoms with E-state index in [1.54, 1.807) is 12.7 Å². The highest BCUT2D eigenvalue weighted by Crippen LogP contribution is 2.38. The molecule has 0 heterocycles. The molecule has 0 aliphatic heterocycles. The average Bonchev–Trinajstić information content (AvgIpc) is 2.74. The number of benzene rings is 2. The molecule has 0 atom stereocenters. The maximum absolute atomic E-state index is 5.91. The Kier molecular flexibility index (Phi) is 9.40. The topological polar surface area (TPSA) is 18.5 Å². The van der Waals surface area contributed by atoms with Gasteiger partial charge in [-0.1, -0.05) is 52.2 Å². The number of hydrogen-bond donors (Lipinski definition) is 0. The standard InChI is InChI=1S/C26H38O2/c1-6-9-15-22-23(16-10-7-2)25(20-13-12-14-21(18-20)27-4)19-26(28-5)24(22)17-11-8-3/h12-14,18-19H,6-11,15-17H2,1-5H3. The normalized spacial score (nSPS) is 10.9. The first-order valence-electron chi connectivity index (χ1n) is 11.1. The van der Waals surface area contributed by atoms with Gasteiger partial charge in [0, 0.05) is 0 Å². The second-order valence-corrected chi connectivity index (χ2v) is 7.60. The zero-order chi connectivity index (χ0) is 20.4. The Hall–Kier alpha value is -1.96. The van der Waals surface area contributed by atoms with Crippen molar-refractivity contribution in [3.05, 3.63) is 47.0 Å². The van der Waals surface area contributed by atoms with Crippen LogP contribution in [0.2, 0.25) is 0 Å². The van der Waals surface area contributed by atoms with Crippen molar-refractivity contribution in [3.8, 4) is 22.6 Å². The summed E-state index contributed by atoms with van der Waals surface area (Å²) >= 11 is 0. The summed E-state index contributed by atoms with van der Waals surface area (Å²) in [6.45, 7) is 6.82. The molecule has 2 rings (SSSR count). The number of unbranched alkanes of at least 4 members (excludes halogenated alkanes) is 3. The molecule has 2 aromatic carbocycles. The van der Waals surface area contributed by atoms with Crippen molar-refractivity contribution in [2.75, 3.05) is 14.2 Å². The minimum atomic E-state index is 0.906. The van der Waals surface area contributed by atoms with E-state index >= 15 is 0 Å². The molecule has 0 aromatic heterocycles. The fourth-order valence-corrected chi connectivity index (χ4v) is 3.95. The van der Waals surface area contributed by atoms with Gasteiger partial charge < -0.3 is 9.47 Å². The molecular weight excluding hydrogens is 344 g/mol. The molecule has 0 fully saturated rings. The highest BCUT2D eigenvalue weighted by atomic mass is 16.5. The Balaban J connectivity index is 2.69. The van der Waals surface area contributed by atoms with Gasteiger partial charge in [0.1, 0.15) is 11.5 Å². The molecule has 0 N–H and O–H groups in total. The summed E-state index contributed by atoms with van der Waals surface area (Å²) < 4.78 is 11.4. The van der Waals surface area contributed by atoms with Gasteiger partial charge in [-0.15, -0.1) is 0 Å². The van der Waals surface area contributed by atoms with Gasteiger partial charge in [-0.2, -0.15) is 0 Å². The van der Waals surface area contributed by atoms with Crippen LogP contribution in [0.4, 0.5) is 0 Å². The largest absolute Gasteiger partial charge is 0.497 e. The first-order valence-corrected chi connectivity index (χ1v) is 11.1. The quantitative estimate of drug-likeness (QED) is 0.381. The van der Waals surface area contributed by atoms with E-state index in [1.165, 1.54) is 60.8 Å². The van der Waals surface area contributed by atoms with E-state index in [2.05, 4.69) is 45.0 Å². The first kappa shape index (κ1) is 22.3. The van der Waals surface area contributed by atoms with Crippen LogP contribution in [0.15, 0.2) is 30.3 Å². The van der Waals surface area contributed by atoms with Crippen molar-refractivity contribution in [3.63, 3.8) is 0 Å². The number of hydrogen-bond acceptors (Lipinski definition) is 2. The molecule has 2 heteroatoms. The lowest BCUT2D eigenvalue weighted by Gasteiger charge is -2.23. The summed E-state index contributed by atoms with van der Waals surface area (Å²) in [7, 11) is 3.55. The number of ether oxygens (including phenoxy) is 2. The molecule has 0 amide bonds. The molecule has 0 radical (unpaired) electrons. The number of methoxy groups -OCH3 is 2. The van der Waals surface area contributed by atoms with Gasteiger partial charge >= 0.3 is 0 Å². The predicted molar refractivity (Wildman–Crippen MR) is 121 cm³/mol. The minimum Gasteiger partial charge on any atom is -0.497 e. The summed E-state index contributed by atoms with van der Waals surface area (Å²) in [6, 6.07) is 10.7. The monoisotopic (exact) mass is 382 g/mol. The SMILES string of the molecule is CCCCc1c(OC)cc(-c2cccc(OC)c2)c(CCCC)c1CCCC. The van der Waals surface area contributed by atoms with E-state index in [-0.39, 0.29) is 0 Å². The Morgan fingerprint density at radius 1 is 0.679 bits per heavy atom. The van der Waals surface area contributed by atoms with Crippen LogP contribution >= 0.6 is 0 Å². The van der Waals surface area contributed by atoms with Crippen molar-refractivity contribution in [1.29, 1.82) is 0 Å². The zero-order valence-electron chi connectivity index (χ0n) is 18.6. The zero-order valence-corrected chi connectivity index (χ0v) is 18.6. The van der Waals surface area contributed by atoms with Crippen LogP contribution in [0.25, 0.3) is 11.1 Å². The van der Waals surface area contributed by atoms with Gasteiger partial charge in [-0.3, -0.25) is 0 Å². The molecular formula is C26H38O2. The van der Waals surface area contributed by atoms with Gasteiger partial charge in [-0.05, 0) is 84.5 Å². The van der Waals surface area contributed by atoms with Crippen LogP contribution in [0.3, 0.4) is 0 Å². The molecule has 28 heavy (non-hydrogen) atoms. The van der Waals surface area contributed by atoms with Crippen molar-refractivity contribution in [1.82, 2.24) is 0 Å². The van der Waals surface area contributed by atoms with Gasteiger partial charge in [0.05, 0.1) is 14.2 Å². The van der Waals surface area contributed by atoms with Crippen molar-refractivity contribution < 1.29 is 9.47 Å². The van der Waals surface area contributed by atoms with Crippen molar-refractivity contribution >= 4 is 0 Å². The minimum absolute atomic E-state index is 0.906. The molecule has 0 unspecified atom stereocenters. The molecule has 0 bridgehead atoms. The van der Waals surface area contributed by atoms with Crippen LogP contribution in [-0.2, 0) is 19.3 Å². The maximum Gasteiger partial charge on any atom is 0.122 e. The summed E-state index contributed by atoms with van der Waals surface area (Å²) in [5, 5.41) is 0. The lowest BCUT2D eigenvalue weighted by Crippen LogP contribution is -2.07. The maximum atomic E-state index is 5.91. The van der Waals surface area contributed by atoms with Gasteiger partial charge in [0.15, 0.2) is 0 Å². The molecule has 0 saturated carbocycles. The average molecular weight is 383 g/mol. The Morgan fingerprint density at radius 3 is 1.86 bits per heavy atom. The Morgan fingerprint density at radius 2 is 1.29 bits per heavy atom. The van der Waals surface area contributed by atoms with Gasteiger partial charge in [0.25, 0.3) is 0 Å². The van der Waals surface area contributed by atoms with E-state index in [1.807, 2.05) is 13.2 Å². The van der Waals surface area contributed by atoms with E-state index in [0.29, 0.717) is 0 Å². The van der Waals surface area contributed by atoms with Crippen LogP contribution in [-0.4, -0.2) is 14.2 Å². The third-order valence-electron chi connectivity index (χ3n) is 5.57. The first-order chi connectivity index (χ1) is 13.7. The van der Waals surface area contributed by atoms with E-state index < -0.39 is 0 Å². The fraction of sp³-hybridized carbons (Fsp3) is 0.538. The molecule has 0 saturated heterocycles. The van der Waals surface area contributed by atoms with Crippen molar-refractivity contribution in [2.45, 2.75) is 78.6 Å². The smallest absolute Gasteiger partial charge is 0.122 e. The van der Waals surface area contributed by atoms with Crippen LogP contribution < -0.4 is 9.47 Å². The van der Waals surface area contributed by atoms with Crippen LogP contribution in [0.1, 0.15) is 76.0 Å². The van der Waals surface area contributed by atoms with E-state index in [4.69, 9.17) is 9.47 Å². The molecule has 154 valence electrons. The van der Waals surface area contributed by atoms with E-state index in [9.17, 15) is 0 Å². The lowest BCUT2D eigenvalue weighted by molar-refractivity contribution is 0.408. The van der Waals surface area contributed by atoms with Crippen LogP contribution in [0, 0.1) is 0 Å². The third-order valence-corrected chi connectivity index (χ3v) is 5.57.